The Balaban J connectivity index is 1.68. The number of hydrogen-bond donors (Lipinski definition) is 4. The van der Waals surface area contributed by atoms with Gasteiger partial charge in [-0.3, -0.25) is 19.7 Å². The van der Waals surface area contributed by atoms with Crippen LogP contribution >= 0.6 is 11.6 Å². The standard InChI is InChI=1S/C24H21ClN4O6/c1-35-16-4-2-3-15(20(16)30)19-17-18(24(28-19,23(33)34)9-13-10-26-11-27-13)22(32)29(21(17)31)14-7-5-12(25)6-8-14/h2-8,10-11,17-19,28,30H,9H2,1H3,(H,26,27)(H,33,34)/t17-,18+,19+,24+/m1/s1. The number of aromatic nitrogens is 2. The van der Waals surface area contributed by atoms with Gasteiger partial charge < -0.3 is 19.9 Å². The summed E-state index contributed by atoms with van der Waals surface area (Å²) in [5.74, 6) is -4.97. The number of para-hydroxylation sites is 1. The molecule has 0 radical (unpaired) electrons. The van der Waals surface area contributed by atoms with Gasteiger partial charge in [0.05, 0.1) is 31.0 Å². The van der Waals surface area contributed by atoms with E-state index in [1.807, 2.05) is 0 Å². The number of ether oxygens (including phenoxy) is 1. The fourth-order valence-corrected chi connectivity index (χ4v) is 5.31. The van der Waals surface area contributed by atoms with Crippen molar-refractivity contribution < 1.29 is 29.3 Å². The van der Waals surface area contributed by atoms with E-state index in [9.17, 15) is 24.6 Å². The maximum atomic E-state index is 13.8. The number of nitrogens with one attached hydrogen (secondary N) is 2. The lowest BCUT2D eigenvalue weighted by atomic mass is 9.77. The normalized spacial score (nSPS) is 25.7. The van der Waals surface area contributed by atoms with E-state index in [0.717, 1.165) is 4.90 Å². The first-order valence-electron chi connectivity index (χ1n) is 10.8. The van der Waals surface area contributed by atoms with E-state index < -0.39 is 41.2 Å². The molecule has 4 N–H and O–H groups in total. The highest BCUT2D eigenvalue weighted by molar-refractivity contribution is 6.31. The Kier molecular flexibility index (Phi) is 5.49. The third-order valence-electron chi connectivity index (χ3n) is 6.73. The molecular weight excluding hydrogens is 476 g/mol. The Hall–Kier alpha value is -3.89. The molecule has 3 aromatic rings. The van der Waals surface area contributed by atoms with Crippen LogP contribution in [-0.4, -0.2) is 50.6 Å². The molecule has 0 aliphatic carbocycles. The SMILES string of the molecule is COc1cccc([C@@H]2N[C@](Cc3cnc[nH]3)(C(=O)O)[C@@H]3C(=O)N(c4ccc(Cl)cc4)C(=O)[C@H]32)c1O. The number of fused-ring (bicyclic) bond motifs is 1. The second-order valence-electron chi connectivity index (χ2n) is 8.54. The number of carbonyl (C=O) groups excluding carboxylic acids is 2. The number of H-pyrrole nitrogens is 1. The number of hydrogen-bond acceptors (Lipinski definition) is 7. The molecule has 4 atom stereocenters. The molecule has 2 fully saturated rings. The Bertz CT molecular complexity index is 1310. The van der Waals surface area contributed by atoms with Gasteiger partial charge >= 0.3 is 5.97 Å². The number of amides is 2. The van der Waals surface area contributed by atoms with Crippen molar-refractivity contribution in [1.29, 1.82) is 0 Å². The molecule has 2 aromatic carbocycles. The van der Waals surface area contributed by atoms with Crippen molar-refractivity contribution in [3.63, 3.8) is 0 Å². The molecule has 2 aliphatic heterocycles. The minimum absolute atomic E-state index is 0.141. The van der Waals surface area contributed by atoms with Crippen LogP contribution in [0.15, 0.2) is 55.0 Å². The maximum absolute atomic E-state index is 13.8. The smallest absolute Gasteiger partial charge is 0.325 e. The van der Waals surface area contributed by atoms with Crippen molar-refractivity contribution in [3.8, 4) is 11.5 Å². The van der Waals surface area contributed by atoms with Gasteiger partial charge in [0.2, 0.25) is 11.8 Å². The Labute approximate surface area is 204 Å². The van der Waals surface area contributed by atoms with Crippen LogP contribution in [0, 0.1) is 11.8 Å². The molecule has 3 heterocycles. The van der Waals surface area contributed by atoms with Crippen LogP contribution in [0.5, 0.6) is 11.5 Å². The fraction of sp³-hybridized carbons (Fsp3) is 0.250. The van der Waals surface area contributed by atoms with Gasteiger partial charge in [0.15, 0.2) is 11.5 Å². The molecule has 2 aliphatic rings. The predicted molar refractivity (Wildman–Crippen MR) is 124 cm³/mol. The molecule has 2 amide bonds. The highest BCUT2D eigenvalue weighted by Gasteiger charge is 2.69. The minimum Gasteiger partial charge on any atom is -0.504 e. The number of methoxy groups -OCH3 is 1. The molecule has 35 heavy (non-hydrogen) atoms. The van der Waals surface area contributed by atoms with Gasteiger partial charge in [0, 0.05) is 34.9 Å². The Morgan fingerprint density at radius 2 is 1.94 bits per heavy atom. The number of rotatable bonds is 6. The zero-order valence-electron chi connectivity index (χ0n) is 18.4. The van der Waals surface area contributed by atoms with Crippen molar-refractivity contribution in [2.45, 2.75) is 18.0 Å². The average molecular weight is 497 g/mol. The molecule has 0 saturated carbocycles. The van der Waals surface area contributed by atoms with Crippen LogP contribution in [0.1, 0.15) is 17.3 Å². The summed E-state index contributed by atoms with van der Waals surface area (Å²) in [6.45, 7) is 0. The molecule has 0 bridgehead atoms. The molecule has 11 heteroatoms. The number of halogens is 1. The third kappa shape index (κ3) is 3.44. The monoisotopic (exact) mass is 496 g/mol. The van der Waals surface area contributed by atoms with E-state index in [4.69, 9.17) is 16.3 Å². The van der Waals surface area contributed by atoms with Crippen LogP contribution < -0.4 is 15.0 Å². The van der Waals surface area contributed by atoms with Gasteiger partial charge in [-0.05, 0) is 30.3 Å². The third-order valence-corrected chi connectivity index (χ3v) is 6.98. The summed E-state index contributed by atoms with van der Waals surface area (Å²) in [5.41, 5.74) is -0.843. The number of aromatic hydroxyl groups is 1. The number of carboxylic acids is 1. The molecule has 1 aromatic heterocycles. The summed E-state index contributed by atoms with van der Waals surface area (Å²) >= 11 is 5.98. The first-order valence-corrected chi connectivity index (χ1v) is 11.1. The minimum atomic E-state index is -1.86. The van der Waals surface area contributed by atoms with Crippen molar-refractivity contribution in [2.24, 2.45) is 11.8 Å². The van der Waals surface area contributed by atoms with Gasteiger partial charge in [-0.1, -0.05) is 23.7 Å². The first-order chi connectivity index (χ1) is 16.8. The number of carboxylic acid groups (broad SMARTS) is 1. The van der Waals surface area contributed by atoms with Crippen molar-refractivity contribution in [3.05, 3.63) is 71.3 Å². The number of nitrogens with zero attached hydrogens (tertiary/aromatic N) is 2. The summed E-state index contributed by atoms with van der Waals surface area (Å²) in [5, 5.41) is 24.8. The summed E-state index contributed by atoms with van der Waals surface area (Å²) in [6, 6.07) is 9.91. The summed E-state index contributed by atoms with van der Waals surface area (Å²) in [7, 11) is 1.38. The van der Waals surface area contributed by atoms with Crippen molar-refractivity contribution >= 4 is 35.1 Å². The molecule has 0 unspecified atom stereocenters. The number of aromatic amines is 1. The highest BCUT2D eigenvalue weighted by atomic mass is 35.5. The Morgan fingerprint density at radius 3 is 2.57 bits per heavy atom. The molecular formula is C24H21ClN4O6. The molecule has 180 valence electrons. The number of imidazole rings is 1. The number of phenols is 1. The van der Waals surface area contributed by atoms with E-state index >= 15 is 0 Å². The second kappa shape index (κ2) is 8.40. The van der Waals surface area contributed by atoms with Gasteiger partial charge in [-0.25, -0.2) is 9.88 Å². The van der Waals surface area contributed by atoms with E-state index in [-0.39, 0.29) is 29.2 Å². The van der Waals surface area contributed by atoms with Gasteiger partial charge in [-0.2, -0.15) is 0 Å². The first kappa shape index (κ1) is 22.9. The van der Waals surface area contributed by atoms with Gasteiger partial charge in [0.25, 0.3) is 0 Å². The Morgan fingerprint density at radius 1 is 1.20 bits per heavy atom. The number of aliphatic carboxylic acids is 1. The largest absolute Gasteiger partial charge is 0.504 e. The van der Waals surface area contributed by atoms with Crippen molar-refractivity contribution in [1.82, 2.24) is 15.3 Å². The number of anilines is 1. The number of benzene rings is 2. The summed E-state index contributed by atoms with van der Waals surface area (Å²) in [6.07, 6.45) is 2.73. The van der Waals surface area contributed by atoms with Crippen LogP contribution in [0.3, 0.4) is 0 Å². The molecule has 10 nitrogen and oxygen atoms in total. The van der Waals surface area contributed by atoms with Gasteiger partial charge in [-0.15, -0.1) is 0 Å². The number of phenolic OH excluding ortho intramolecular Hbond substituents is 1. The second-order valence-corrected chi connectivity index (χ2v) is 8.98. The molecule has 2 saturated heterocycles. The van der Waals surface area contributed by atoms with Gasteiger partial charge in [0.1, 0.15) is 5.54 Å². The summed E-state index contributed by atoms with van der Waals surface area (Å²) < 4.78 is 5.21. The maximum Gasteiger partial charge on any atom is 0.325 e. The van der Waals surface area contributed by atoms with Crippen LogP contribution in [0.2, 0.25) is 5.02 Å². The summed E-state index contributed by atoms with van der Waals surface area (Å²) in [4.78, 5) is 48.2. The molecule has 5 rings (SSSR count). The quantitative estimate of drug-likeness (QED) is 0.380. The van der Waals surface area contributed by atoms with E-state index in [1.54, 1.807) is 30.3 Å². The van der Waals surface area contributed by atoms with Crippen LogP contribution in [-0.2, 0) is 20.8 Å². The zero-order valence-corrected chi connectivity index (χ0v) is 19.2. The lowest BCUT2D eigenvalue weighted by Gasteiger charge is -2.31. The molecule has 0 spiro atoms. The van der Waals surface area contributed by atoms with Crippen LogP contribution in [0.25, 0.3) is 0 Å². The van der Waals surface area contributed by atoms with E-state index in [0.29, 0.717) is 10.7 Å². The predicted octanol–water partition coefficient (Wildman–Crippen LogP) is 2.29. The van der Waals surface area contributed by atoms with Crippen LogP contribution in [0.4, 0.5) is 5.69 Å². The van der Waals surface area contributed by atoms with E-state index in [2.05, 4.69) is 15.3 Å². The van der Waals surface area contributed by atoms with Crippen molar-refractivity contribution in [2.75, 3.05) is 12.0 Å². The van der Waals surface area contributed by atoms with E-state index in [1.165, 1.54) is 31.8 Å². The lowest BCUT2D eigenvalue weighted by Crippen LogP contribution is -2.57. The topological polar surface area (TPSA) is 145 Å². The fourth-order valence-electron chi connectivity index (χ4n) is 5.19. The highest BCUT2D eigenvalue weighted by Crippen LogP contribution is 2.52. The lowest BCUT2D eigenvalue weighted by molar-refractivity contribution is -0.148. The zero-order chi connectivity index (χ0) is 24.9. The number of carbonyl (C=O) groups is 3. The average Bonchev–Trinajstić information content (AvgIpc) is 3.53. The number of imide groups is 1.